The summed E-state index contributed by atoms with van der Waals surface area (Å²) in [6.07, 6.45) is 0.604. The number of carbonyl (C=O) groups excluding carboxylic acids is 1. The zero-order chi connectivity index (χ0) is 24.8. The first-order chi connectivity index (χ1) is 16.8. The van der Waals surface area contributed by atoms with E-state index in [4.69, 9.17) is 18.4 Å². The van der Waals surface area contributed by atoms with E-state index in [0.29, 0.717) is 43.2 Å². The van der Waals surface area contributed by atoms with Gasteiger partial charge in [-0.2, -0.15) is 8.42 Å². The number of rotatable bonds is 9. The zero-order valence-corrected chi connectivity index (χ0v) is 19.8. The molecule has 1 amide bonds. The van der Waals surface area contributed by atoms with E-state index in [2.05, 4.69) is 5.32 Å². The van der Waals surface area contributed by atoms with Crippen molar-refractivity contribution in [3.63, 3.8) is 0 Å². The minimum atomic E-state index is -4.30. The van der Waals surface area contributed by atoms with Crippen LogP contribution in [0.3, 0.4) is 0 Å². The Labute approximate surface area is 202 Å². The number of nitrogens with one attached hydrogen (secondary N) is 1. The van der Waals surface area contributed by atoms with Gasteiger partial charge in [-0.3, -0.25) is 4.79 Å². The second-order valence-corrected chi connectivity index (χ2v) is 9.28. The highest BCUT2D eigenvalue weighted by atomic mass is 32.2. The molecule has 35 heavy (non-hydrogen) atoms. The van der Waals surface area contributed by atoms with E-state index in [1.165, 1.54) is 31.4 Å². The van der Waals surface area contributed by atoms with Crippen LogP contribution >= 0.6 is 0 Å². The summed E-state index contributed by atoms with van der Waals surface area (Å²) < 4.78 is 60.1. The molecule has 1 aliphatic heterocycles. The van der Waals surface area contributed by atoms with Crippen LogP contribution < -0.4 is 23.7 Å². The van der Waals surface area contributed by atoms with Crippen molar-refractivity contribution in [1.29, 1.82) is 0 Å². The van der Waals surface area contributed by atoms with Crippen LogP contribution in [0.4, 0.5) is 4.39 Å². The van der Waals surface area contributed by atoms with Crippen molar-refractivity contribution >= 4 is 16.0 Å². The summed E-state index contributed by atoms with van der Waals surface area (Å²) in [5.41, 5.74) is 1.52. The molecule has 0 unspecified atom stereocenters. The van der Waals surface area contributed by atoms with Crippen molar-refractivity contribution in [2.75, 3.05) is 26.9 Å². The van der Waals surface area contributed by atoms with Gasteiger partial charge in [-0.1, -0.05) is 18.2 Å². The molecular formula is C25H24FNO7S. The SMILES string of the molecule is COc1ccc(CC(=O)NCCc2ccc3c(c2)OCCO3)cc1OS(=O)(=O)c1cccc(F)c1. The number of ether oxygens (including phenoxy) is 3. The Hall–Kier alpha value is -3.79. The normalized spacial score (nSPS) is 12.6. The van der Waals surface area contributed by atoms with Gasteiger partial charge < -0.3 is 23.7 Å². The van der Waals surface area contributed by atoms with E-state index in [9.17, 15) is 17.6 Å². The number of halogens is 1. The van der Waals surface area contributed by atoms with E-state index in [0.717, 1.165) is 17.7 Å². The highest BCUT2D eigenvalue weighted by Gasteiger charge is 2.20. The van der Waals surface area contributed by atoms with Gasteiger partial charge >= 0.3 is 10.1 Å². The fraction of sp³-hybridized carbons (Fsp3) is 0.240. The lowest BCUT2D eigenvalue weighted by Gasteiger charge is -2.18. The zero-order valence-electron chi connectivity index (χ0n) is 19.0. The molecule has 1 heterocycles. The average molecular weight is 502 g/mol. The third-order valence-corrected chi connectivity index (χ3v) is 6.45. The quantitative estimate of drug-likeness (QED) is 0.449. The molecule has 0 saturated heterocycles. The number of carbonyl (C=O) groups is 1. The van der Waals surface area contributed by atoms with Crippen molar-refractivity contribution in [2.45, 2.75) is 17.7 Å². The second kappa shape index (κ2) is 10.6. The minimum absolute atomic E-state index is 0.00149. The summed E-state index contributed by atoms with van der Waals surface area (Å²) >= 11 is 0. The van der Waals surface area contributed by atoms with E-state index in [-0.39, 0.29) is 28.7 Å². The number of hydrogen-bond acceptors (Lipinski definition) is 7. The molecule has 0 spiro atoms. The Morgan fingerprint density at radius 1 is 0.971 bits per heavy atom. The smallest absolute Gasteiger partial charge is 0.339 e. The van der Waals surface area contributed by atoms with Gasteiger partial charge in [0.15, 0.2) is 23.0 Å². The lowest BCUT2D eigenvalue weighted by molar-refractivity contribution is -0.120. The van der Waals surface area contributed by atoms with Crippen LogP contribution in [0, 0.1) is 5.82 Å². The standard InChI is InChI=1S/C25H24FNO7S/c1-31-21-7-6-18(14-24(21)34-35(29,30)20-4-2-3-19(26)16-20)15-25(28)27-10-9-17-5-8-22-23(13-17)33-12-11-32-22/h2-8,13-14,16H,9-12,15H2,1H3,(H,27,28). The third kappa shape index (κ3) is 6.21. The molecule has 184 valence electrons. The maximum absolute atomic E-state index is 13.5. The lowest BCUT2D eigenvalue weighted by Crippen LogP contribution is -2.27. The van der Waals surface area contributed by atoms with Gasteiger partial charge in [0.2, 0.25) is 5.91 Å². The van der Waals surface area contributed by atoms with E-state index >= 15 is 0 Å². The molecular weight excluding hydrogens is 477 g/mol. The van der Waals surface area contributed by atoms with Crippen LogP contribution in [0.1, 0.15) is 11.1 Å². The summed E-state index contributed by atoms with van der Waals surface area (Å²) in [4.78, 5) is 12.1. The van der Waals surface area contributed by atoms with Crippen molar-refractivity contribution in [3.8, 4) is 23.0 Å². The number of fused-ring (bicyclic) bond motifs is 1. The first-order valence-corrected chi connectivity index (χ1v) is 12.3. The second-order valence-electron chi connectivity index (χ2n) is 7.73. The predicted octanol–water partition coefficient (Wildman–Crippen LogP) is 3.27. The van der Waals surface area contributed by atoms with Crippen molar-refractivity contribution in [3.05, 3.63) is 77.6 Å². The molecule has 0 atom stereocenters. The fourth-order valence-electron chi connectivity index (χ4n) is 3.52. The van der Waals surface area contributed by atoms with Gasteiger partial charge in [-0.05, 0) is 60.0 Å². The molecule has 8 nitrogen and oxygen atoms in total. The molecule has 1 aliphatic rings. The van der Waals surface area contributed by atoms with Gasteiger partial charge in [0.25, 0.3) is 0 Å². The van der Waals surface area contributed by atoms with Crippen LogP contribution in [0.25, 0.3) is 0 Å². The van der Waals surface area contributed by atoms with Gasteiger partial charge in [0, 0.05) is 6.54 Å². The Bertz CT molecular complexity index is 1330. The van der Waals surface area contributed by atoms with Crippen LogP contribution in [0.15, 0.2) is 65.6 Å². The lowest BCUT2D eigenvalue weighted by atomic mass is 10.1. The number of methoxy groups -OCH3 is 1. The molecule has 3 aromatic rings. The fourth-order valence-corrected chi connectivity index (χ4v) is 4.49. The molecule has 10 heteroatoms. The summed E-state index contributed by atoms with van der Waals surface area (Å²) in [5.74, 6) is 0.515. The molecule has 1 N–H and O–H groups in total. The molecule has 0 saturated carbocycles. The summed E-state index contributed by atoms with van der Waals surface area (Å²) in [5, 5.41) is 2.85. The highest BCUT2D eigenvalue weighted by molar-refractivity contribution is 7.87. The molecule has 0 radical (unpaired) electrons. The van der Waals surface area contributed by atoms with Crippen molar-refractivity contribution in [2.24, 2.45) is 0 Å². The van der Waals surface area contributed by atoms with Crippen LogP contribution in [-0.4, -0.2) is 41.2 Å². The highest BCUT2D eigenvalue weighted by Crippen LogP contribution is 2.32. The van der Waals surface area contributed by atoms with Gasteiger partial charge in [-0.25, -0.2) is 4.39 Å². The topological polar surface area (TPSA) is 100 Å². The average Bonchev–Trinajstić information content (AvgIpc) is 2.84. The van der Waals surface area contributed by atoms with E-state index < -0.39 is 15.9 Å². The molecule has 0 aromatic heterocycles. The Morgan fingerprint density at radius 2 is 1.74 bits per heavy atom. The molecule has 0 bridgehead atoms. The summed E-state index contributed by atoms with van der Waals surface area (Å²) in [6.45, 7) is 1.44. The molecule has 3 aromatic carbocycles. The van der Waals surface area contributed by atoms with Crippen molar-refractivity contribution in [1.82, 2.24) is 5.32 Å². The number of benzene rings is 3. The maximum Gasteiger partial charge on any atom is 0.339 e. The monoisotopic (exact) mass is 501 g/mol. The van der Waals surface area contributed by atoms with Crippen molar-refractivity contribution < 1.29 is 36.0 Å². The number of amides is 1. The maximum atomic E-state index is 13.5. The van der Waals surface area contributed by atoms with Crippen LogP contribution in [0.5, 0.6) is 23.0 Å². The van der Waals surface area contributed by atoms with Gasteiger partial charge in [0.05, 0.1) is 13.5 Å². The Kier molecular flexibility index (Phi) is 7.40. The summed E-state index contributed by atoms with van der Waals surface area (Å²) in [7, 11) is -2.94. The molecule has 0 fully saturated rings. The largest absolute Gasteiger partial charge is 0.493 e. The first-order valence-electron chi connectivity index (χ1n) is 10.9. The van der Waals surface area contributed by atoms with E-state index in [1.54, 1.807) is 6.07 Å². The minimum Gasteiger partial charge on any atom is -0.493 e. The van der Waals surface area contributed by atoms with Gasteiger partial charge in [-0.15, -0.1) is 0 Å². The molecule has 0 aliphatic carbocycles. The molecule has 4 rings (SSSR count). The Morgan fingerprint density at radius 3 is 2.51 bits per heavy atom. The predicted molar refractivity (Wildman–Crippen MR) is 125 cm³/mol. The summed E-state index contributed by atoms with van der Waals surface area (Å²) in [6, 6.07) is 14.7. The van der Waals surface area contributed by atoms with E-state index in [1.807, 2.05) is 18.2 Å². The first kappa shape index (κ1) is 24.3. The van der Waals surface area contributed by atoms with Crippen LogP contribution in [-0.2, 0) is 27.8 Å². The Balaban J connectivity index is 1.37. The van der Waals surface area contributed by atoms with Crippen LogP contribution in [0.2, 0.25) is 0 Å². The van der Waals surface area contributed by atoms with Gasteiger partial charge in [0.1, 0.15) is 23.9 Å². The number of hydrogen-bond donors (Lipinski definition) is 1. The third-order valence-electron chi connectivity index (χ3n) is 5.22.